The third-order valence-corrected chi connectivity index (χ3v) is 3.72. The molecule has 0 saturated heterocycles. The molecule has 0 amide bonds. The Morgan fingerprint density at radius 3 is 2.38 bits per heavy atom. The van der Waals surface area contributed by atoms with E-state index in [4.69, 9.17) is 20.4 Å². The summed E-state index contributed by atoms with van der Waals surface area (Å²) in [5, 5.41) is 26.4. The van der Waals surface area contributed by atoms with Crippen molar-refractivity contribution in [1.82, 2.24) is 0 Å². The van der Waals surface area contributed by atoms with E-state index in [2.05, 4.69) is 15.9 Å². The molecule has 2 aromatic carbocycles. The predicted octanol–water partition coefficient (Wildman–Crippen LogP) is 4.16. The first-order valence-electron chi connectivity index (χ1n) is 6.80. The standard InChI is InChI=1S/C18H11BrN2O3/c19-16-8-13(7-14(9-20)10-21)3-6-17(16)24-11-12-1-4-15(5-2-12)18(22)23/h1-8H,11H2,(H,22,23). The normalized spacial score (nSPS) is 9.46. The number of hydrogen-bond donors (Lipinski definition) is 1. The number of ether oxygens (including phenoxy) is 1. The summed E-state index contributed by atoms with van der Waals surface area (Å²) in [4.78, 5) is 10.8. The Bertz CT molecular complexity index is 859. The van der Waals surface area contributed by atoms with Crippen LogP contribution in [0.2, 0.25) is 0 Å². The fraction of sp³-hybridized carbons (Fsp3) is 0.0556. The van der Waals surface area contributed by atoms with Gasteiger partial charge in [-0.25, -0.2) is 4.79 Å². The molecule has 0 unspecified atom stereocenters. The molecule has 0 aliphatic heterocycles. The van der Waals surface area contributed by atoms with Crippen molar-refractivity contribution >= 4 is 28.0 Å². The van der Waals surface area contributed by atoms with E-state index in [1.807, 2.05) is 0 Å². The highest BCUT2D eigenvalue weighted by Gasteiger charge is 2.05. The first-order chi connectivity index (χ1) is 11.5. The molecule has 0 saturated carbocycles. The number of carboxylic acid groups (broad SMARTS) is 1. The Balaban J connectivity index is 2.08. The van der Waals surface area contributed by atoms with Gasteiger partial charge in [0.25, 0.3) is 0 Å². The number of rotatable bonds is 5. The van der Waals surface area contributed by atoms with Crippen LogP contribution in [0.4, 0.5) is 0 Å². The van der Waals surface area contributed by atoms with Gasteiger partial charge in [0.1, 0.15) is 30.1 Å². The van der Waals surface area contributed by atoms with E-state index in [9.17, 15) is 4.79 Å². The van der Waals surface area contributed by atoms with Crippen LogP contribution in [0, 0.1) is 22.7 Å². The number of benzene rings is 2. The summed E-state index contributed by atoms with van der Waals surface area (Å²) in [5.41, 5.74) is 1.79. The van der Waals surface area contributed by atoms with E-state index in [1.165, 1.54) is 18.2 Å². The molecule has 5 nitrogen and oxygen atoms in total. The minimum atomic E-state index is -0.969. The Morgan fingerprint density at radius 1 is 1.17 bits per heavy atom. The molecule has 24 heavy (non-hydrogen) atoms. The smallest absolute Gasteiger partial charge is 0.335 e. The van der Waals surface area contributed by atoms with Crippen LogP contribution >= 0.6 is 15.9 Å². The summed E-state index contributed by atoms with van der Waals surface area (Å²) < 4.78 is 6.38. The van der Waals surface area contributed by atoms with Crippen LogP contribution in [0.25, 0.3) is 6.08 Å². The van der Waals surface area contributed by atoms with Gasteiger partial charge in [-0.15, -0.1) is 0 Å². The molecule has 0 bridgehead atoms. The van der Waals surface area contributed by atoms with E-state index in [-0.39, 0.29) is 17.7 Å². The number of aromatic carboxylic acids is 1. The van der Waals surface area contributed by atoms with Crippen molar-refractivity contribution < 1.29 is 14.6 Å². The van der Waals surface area contributed by atoms with Crippen LogP contribution in [0.15, 0.2) is 52.5 Å². The van der Waals surface area contributed by atoms with Crippen LogP contribution in [0.5, 0.6) is 5.75 Å². The second-order valence-electron chi connectivity index (χ2n) is 4.76. The predicted molar refractivity (Wildman–Crippen MR) is 91.1 cm³/mol. The molecule has 0 spiro atoms. The summed E-state index contributed by atoms with van der Waals surface area (Å²) in [7, 11) is 0. The van der Waals surface area contributed by atoms with Gasteiger partial charge in [0, 0.05) is 0 Å². The molecule has 0 atom stereocenters. The highest BCUT2D eigenvalue weighted by Crippen LogP contribution is 2.27. The average molecular weight is 383 g/mol. The molecule has 118 valence electrons. The average Bonchev–Trinajstić information content (AvgIpc) is 2.59. The minimum absolute atomic E-state index is 0.0223. The maximum Gasteiger partial charge on any atom is 0.335 e. The number of halogens is 1. The van der Waals surface area contributed by atoms with Crippen molar-refractivity contribution in [3.63, 3.8) is 0 Å². The Labute approximate surface area is 147 Å². The van der Waals surface area contributed by atoms with Gasteiger partial charge in [-0.3, -0.25) is 0 Å². The van der Waals surface area contributed by atoms with Gasteiger partial charge in [-0.1, -0.05) is 18.2 Å². The van der Waals surface area contributed by atoms with Gasteiger partial charge in [0.2, 0.25) is 0 Å². The van der Waals surface area contributed by atoms with E-state index in [0.29, 0.717) is 15.8 Å². The highest BCUT2D eigenvalue weighted by molar-refractivity contribution is 9.10. The summed E-state index contributed by atoms with van der Waals surface area (Å²) in [6, 6.07) is 15.3. The molecule has 0 fully saturated rings. The zero-order chi connectivity index (χ0) is 17.5. The van der Waals surface area contributed by atoms with Gasteiger partial charge in [-0.2, -0.15) is 10.5 Å². The number of carbonyl (C=O) groups is 1. The van der Waals surface area contributed by atoms with E-state index < -0.39 is 5.97 Å². The lowest BCUT2D eigenvalue weighted by Crippen LogP contribution is -1.99. The van der Waals surface area contributed by atoms with Crippen molar-refractivity contribution in [3.05, 3.63) is 69.2 Å². The first kappa shape index (κ1) is 17.3. The summed E-state index contributed by atoms with van der Waals surface area (Å²) in [6.07, 6.45) is 1.49. The zero-order valence-electron chi connectivity index (χ0n) is 12.4. The topological polar surface area (TPSA) is 94.1 Å². The molecule has 2 aromatic rings. The zero-order valence-corrected chi connectivity index (χ0v) is 13.9. The highest BCUT2D eigenvalue weighted by atomic mass is 79.9. The number of allylic oxidation sites excluding steroid dienone is 1. The largest absolute Gasteiger partial charge is 0.488 e. The minimum Gasteiger partial charge on any atom is -0.488 e. The van der Waals surface area contributed by atoms with Gasteiger partial charge >= 0.3 is 5.97 Å². The molecular weight excluding hydrogens is 372 g/mol. The van der Waals surface area contributed by atoms with E-state index in [0.717, 1.165) is 5.56 Å². The monoisotopic (exact) mass is 382 g/mol. The maximum absolute atomic E-state index is 10.8. The van der Waals surface area contributed by atoms with Crippen molar-refractivity contribution in [1.29, 1.82) is 10.5 Å². The van der Waals surface area contributed by atoms with Crippen molar-refractivity contribution in [2.24, 2.45) is 0 Å². The van der Waals surface area contributed by atoms with E-state index in [1.54, 1.807) is 42.5 Å². The van der Waals surface area contributed by atoms with Crippen LogP contribution in [-0.4, -0.2) is 11.1 Å². The Morgan fingerprint density at radius 2 is 1.83 bits per heavy atom. The van der Waals surface area contributed by atoms with Crippen LogP contribution < -0.4 is 4.74 Å². The molecule has 0 aromatic heterocycles. The molecular formula is C18H11BrN2O3. The molecule has 0 radical (unpaired) electrons. The third-order valence-electron chi connectivity index (χ3n) is 3.10. The van der Waals surface area contributed by atoms with Gasteiger partial charge in [-0.05, 0) is 57.4 Å². The van der Waals surface area contributed by atoms with Crippen molar-refractivity contribution in [2.45, 2.75) is 6.61 Å². The lowest BCUT2D eigenvalue weighted by Gasteiger charge is -2.09. The fourth-order valence-electron chi connectivity index (χ4n) is 1.88. The van der Waals surface area contributed by atoms with Crippen LogP contribution in [-0.2, 0) is 6.61 Å². The summed E-state index contributed by atoms with van der Waals surface area (Å²) in [6.45, 7) is 0.287. The summed E-state index contributed by atoms with van der Waals surface area (Å²) >= 11 is 3.39. The molecule has 1 N–H and O–H groups in total. The van der Waals surface area contributed by atoms with Gasteiger partial charge in [0.15, 0.2) is 0 Å². The van der Waals surface area contributed by atoms with Crippen LogP contribution in [0.3, 0.4) is 0 Å². The molecule has 2 rings (SSSR count). The fourth-order valence-corrected chi connectivity index (χ4v) is 2.40. The molecule has 6 heteroatoms. The lowest BCUT2D eigenvalue weighted by molar-refractivity contribution is 0.0697. The van der Waals surface area contributed by atoms with Gasteiger partial charge < -0.3 is 9.84 Å². The quantitative estimate of drug-likeness (QED) is 0.783. The third kappa shape index (κ3) is 4.45. The van der Waals surface area contributed by atoms with Crippen LogP contribution in [0.1, 0.15) is 21.5 Å². The number of nitriles is 2. The molecule has 0 heterocycles. The molecule has 0 aliphatic carbocycles. The first-order valence-corrected chi connectivity index (χ1v) is 7.59. The lowest BCUT2D eigenvalue weighted by atomic mass is 10.1. The second-order valence-corrected chi connectivity index (χ2v) is 5.62. The van der Waals surface area contributed by atoms with Crippen molar-refractivity contribution in [3.8, 4) is 17.9 Å². The number of nitrogens with zero attached hydrogens (tertiary/aromatic N) is 2. The summed E-state index contributed by atoms with van der Waals surface area (Å²) in [5.74, 6) is -0.368. The van der Waals surface area contributed by atoms with Crippen molar-refractivity contribution in [2.75, 3.05) is 0 Å². The Hall–Kier alpha value is -3.09. The maximum atomic E-state index is 10.8. The number of hydrogen-bond acceptors (Lipinski definition) is 4. The molecule has 0 aliphatic rings. The Kier molecular flexibility index (Phi) is 5.73. The SMILES string of the molecule is N#CC(C#N)=Cc1ccc(OCc2ccc(C(=O)O)cc2)c(Br)c1. The van der Waals surface area contributed by atoms with Gasteiger partial charge in [0.05, 0.1) is 10.0 Å². The number of carboxylic acids is 1. The second kappa shape index (κ2) is 7.96. The van der Waals surface area contributed by atoms with E-state index >= 15 is 0 Å².